The van der Waals surface area contributed by atoms with Gasteiger partial charge in [-0.05, 0) is 24.6 Å². The molecule has 112 valence electrons. The summed E-state index contributed by atoms with van der Waals surface area (Å²) in [5, 5.41) is 10.5. The molecule has 2 aromatic carbocycles. The molecule has 0 radical (unpaired) electrons. The third-order valence-corrected chi connectivity index (χ3v) is 3.62. The highest BCUT2D eigenvalue weighted by Gasteiger charge is 2.04. The zero-order chi connectivity index (χ0) is 15.8. The van der Waals surface area contributed by atoms with Crippen LogP contribution in [-0.2, 0) is 4.79 Å². The summed E-state index contributed by atoms with van der Waals surface area (Å²) in [4.78, 5) is 10.5. The van der Waals surface area contributed by atoms with Crippen LogP contribution in [0, 0.1) is 0 Å². The molecule has 2 aromatic rings. The molecule has 4 heteroatoms. The molecule has 3 N–H and O–H groups in total. The highest BCUT2D eigenvalue weighted by atomic mass is 79.9. The SMILES string of the molecule is C[C@@H]([NH3+])c1ccccc1.C[C@H](C(=O)[O-])c1ccc(Br)cc1. The van der Waals surface area contributed by atoms with E-state index in [0.29, 0.717) is 6.04 Å². The Balaban J connectivity index is 0.000000219. The number of hydrogen-bond donors (Lipinski definition) is 1. The Morgan fingerprint density at radius 3 is 1.90 bits per heavy atom. The van der Waals surface area contributed by atoms with Crippen molar-refractivity contribution in [2.45, 2.75) is 25.8 Å². The Morgan fingerprint density at radius 2 is 1.52 bits per heavy atom. The fraction of sp³-hybridized carbons (Fsp3) is 0.235. The monoisotopic (exact) mass is 349 g/mol. The molecule has 0 saturated heterocycles. The normalized spacial score (nSPS) is 12.8. The van der Waals surface area contributed by atoms with Gasteiger partial charge in [0.2, 0.25) is 0 Å². The molecule has 0 unspecified atom stereocenters. The first-order valence-corrected chi connectivity index (χ1v) is 7.55. The minimum atomic E-state index is -1.04. The molecule has 2 rings (SSSR count). The summed E-state index contributed by atoms with van der Waals surface area (Å²) >= 11 is 3.27. The van der Waals surface area contributed by atoms with Gasteiger partial charge in [0, 0.05) is 21.9 Å². The summed E-state index contributed by atoms with van der Waals surface area (Å²) in [6, 6.07) is 17.9. The first kappa shape index (κ1) is 17.4. The molecule has 0 aliphatic heterocycles. The Kier molecular flexibility index (Phi) is 7.12. The van der Waals surface area contributed by atoms with Gasteiger partial charge < -0.3 is 15.6 Å². The van der Waals surface area contributed by atoms with E-state index in [2.05, 4.69) is 40.7 Å². The van der Waals surface area contributed by atoms with E-state index in [-0.39, 0.29) is 0 Å². The minimum Gasteiger partial charge on any atom is -0.550 e. The quantitative estimate of drug-likeness (QED) is 0.923. The van der Waals surface area contributed by atoms with Gasteiger partial charge in [-0.25, -0.2) is 0 Å². The van der Waals surface area contributed by atoms with Crippen molar-refractivity contribution in [1.82, 2.24) is 0 Å². The lowest BCUT2D eigenvalue weighted by molar-refractivity contribution is -0.420. The lowest BCUT2D eigenvalue weighted by atomic mass is 10.0. The average molecular weight is 350 g/mol. The molecule has 0 saturated carbocycles. The Labute approximate surface area is 133 Å². The fourth-order valence-corrected chi connectivity index (χ4v) is 1.93. The van der Waals surface area contributed by atoms with Crippen molar-refractivity contribution >= 4 is 21.9 Å². The Hall–Kier alpha value is -1.65. The zero-order valence-corrected chi connectivity index (χ0v) is 13.8. The fourth-order valence-electron chi connectivity index (χ4n) is 1.67. The first-order chi connectivity index (χ1) is 9.91. The van der Waals surface area contributed by atoms with Crippen LogP contribution in [0.2, 0.25) is 0 Å². The van der Waals surface area contributed by atoms with Crippen molar-refractivity contribution in [1.29, 1.82) is 0 Å². The lowest BCUT2D eigenvalue weighted by Gasteiger charge is -2.12. The maximum atomic E-state index is 10.5. The van der Waals surface area contributed by atoms with Crippen molar-refractivity contribution in [2.24, 2.45) is 0 Å². The van der Waals surface area contributed by atoms with Crippen molar-refractivity contribution in [3.63, 3.8) is 0 Å². The van der Waals surface area contributed by atoms with Crippen molar-refractivity contribution in [2.75, 3.05) is 0 Å². The second kappa shape index (κ2) is 8.60. The van der Waals surface area contributed by atoms with Crippen LogP contribution in [0.1, 0.15) is 36.9 Å². The van der Waals surface area contributed by atoms with Crippen LogP contribution in [0.15, 0.2) is 59.1 Å². The maximum Gasteiger partial charge on any atom is 0.107 e. The summed E-state index contributed by atoms with van der Waals surface area (Å²) in [6.45, 7) is 3.70. The Morgan fingerprint density at radius 1 is 1.00 bits per heavy atom. The van der Waals surface area contributed by atoms with E-state index < -0.39 is 11.9 Å². The second-order valence-electron chi connectivity index (χ2n) is 4.90. The molecular weight excluding hydrogens is 330 g/mol. The third kappa shape index (κ3) is 6.10. The van der Waals surface area contributed by atoms with Gasteiger partial charge in [-0.3, -0.25) is 0 Å². The molecule has 0 spiro atoms. The molecule has 3 nitrogen and oxygen atoms in total. The van der Waals surface area contributed by atoms with E-state index in [1.165, 1.54) is 5.56 Å². The van der Waals surface area contributed by atoms with E-state index >= 15 is 0 Å². The summed E-state index contributed by atoms with van der Waals surface area (Å²) in [7, 11) is 0. The van der Waals surface area contributed by atoms with Gasteiger partial charge in [-0.15, -0.1) is 0 Å². The van der Waals surface area contributed by atoms with Crippen LogP contribution < -0.4 is 10.8 Å². The van der Waals surface area contributed by atoms with Crippen LogP contribution in [0.3, 0.4) is 0 Å². The molecule has 0 aromatic heterocycles. The van der Waals surface area contributed by atoms with Gasteiger partial charge in [0.25, 0.3) is 0 Å². The van der Waals surface area contributed by atoms with E-state index in [0.717, 1.165) is 10.0 Å². The van der Waals surface area contributed by atoms with Crippen LogP contribution in [0.4, 0.5) is 0 Å². The molecule has 0 fully saturated rings. The predicted octanol–water partition coefficient (Wildman–Crippen LogP) is 2.29. The molecule has 21 heavy (non-hydrogen) atoms. The first-order valence-electron chi connectivity index (χ1n) is 6.76. The summed E-state index contributed by atoms with van der Waals surface area (Å²) < 4.78 is 0.941. The van der Waals surface area contributed by atoms with Crippen LogP contribution in [0.5, 0.6) is 0 Å². The van der Waals surface area contributed by atoms with Crippen LogP contribution in [0.25, 0.3) is 0 Å². The maximum absolute atomic E-state index is 10.5. The second-order valence-corrected chi connectivity index (χ2v) is 5.82. The number of halogens is 1. The molecule has 0 aliphatic rings. The molecule has 0 aliphatic carbocycles. The number of hydrogen-bond acceptors (Lipinski definition) is 2. The minimum absolute atomic E-state index is 0.409. The highest BCUT2D eigenvalue weighted by molar-refractivity contribution is 9.10. The van der Waals surface area contributed by atoms with Gasteiger partial charge in [-0.1, -0.05) is 65.3 Å². The number of quaternary nitrogens is 1. The summed E-state index contributed by atoms with van der Waals surface area (Å²) in [5.74, 6) is -1.59. The van der Waals surface area contributed by atoms with Gasteiger partial charge in [0.15, 0.2) is 0 Å². The standard InChI is InChI=1S/C9H9BrO2.C8H11N/c1-6(9(11)12)7-2-4-8(10)5-3-7;1-7(9)8-5-3-2-4-6-8/h2-6H,1H3,(H,11,12);2-7H,9H2,1H3/t6-;7-/m01/s1. The van der Waals surface area contributed by atoms with E-state index in [1.807, 2.05) is 30.3 Å². The number of carboxylic acids is 1. The number of carbonyl (C=O) groups is 1. The predicted molar refractivity (Wildman–Crippen MR) is 85.3 cm³/mol. The van der Waals surface area contributed by atoms with Crippen molar-refractivity contribution in [3.8, 4) is 0 Å². The third-order valence-electron chi connectivity index (χ3n) is 3.09. The molecule has 2 atom stereocenters. The van der Waals surface area contributed by atoms with Crippen LogP contribution >= 0.6 is 15.9 Å². The molecule has 0 amide bonds. The van der Waals surface area contributed by atoms with Gasteiger partial charge in [0.1, 0.15) is 6.04 Å². The van der Waals surface area contributed by atoms with E-state index in [4.69, 9.17) is 0 Å². The number of carbonyl (C=O) groups excluding carboxylic acids is 1. The summed E-state index contributed by atoms with van der Waals surface area (Å²) in [6.07, 6.45) is 0. The van der Waals surface area contributed by atoms with Gasteiger partial charge >= 0.3 is 0 Å². The zero-order valence-electron chi connectivity index (χ0n) is 12.3. The number of carboxylic acid groups (broad SMARTS) is 1. The van der Waals surface area contributed by atoms with Gasteiger partial charge in [0.05, 0.1) is 0 Å². The average Bonchev–Trinajstić information content (AvgIpc) is 2.49. The largest absolute Gasteiger partial charge is 0.550 e. The molecule has 0 bridgehead atoms. The van der Waals surface area contributed by atoms with Crippen molar-refractivity contribution in [3.05, 3.63) is 70.2 Å². The molecular formula is C17H20BrNO2. The number of aliphatic carboxylic acids is 1. The van der Waals surface area contributed by atoms with Crippen molar-refractivity contribution < 1.29 is 15.6 Å². The molecule has 0 heterocycles. The summed E-state index contributed by atoms with van der Waals surface area (Å²) in [5.41, 5.74) is 5.97. The van der Waals surface area contributed by atoms with Crippen LogP contribution in [-0.4, -0.2) is 5.97 Å². The lowest BCUT2D eigenvalue weighted by Crippen LogP contribution is -2.51. The highest BCUT2D eigenvalue weighted by Crippen LogP contribution is 2.17. The number of benzene rings is 2. The topological polar surface area (TPSA) is 67.8 Å². The smallest absolute Gasteiger partial charge is 0.107 e. The number of rotatable bonds is 3. The van der Waals surface area contributed by atoms with Gasteiger partial charge in [-0.2, -0.15) is 0 Å². The Bertz CT molecular complexity index is 553. The van der Waals surface area contributed by atoms with E-state index in [9.17, 15) is 9.90 Å². The van der Waals surface area contributed by atoms with E-state index in [1.54, 1.807) is 19.1 Å².